The molecule has 0 heterocycles. The minimum absolute atomic E-state index is 0.00796. The van der Waals surface area contributed by atoms with Gasteiger partial charge in [0.1, 0.15) is 0 Å². The standard InChI is InChI=1S/C57H114N2O5/c1-6-11-16-21-24-31-41-54(39-29-19-14-9-4)52-63-56(61)43-33-27-36-46-58(49-50-59(48-38-51-60)45-35-26-23-18-13-8-3)47-37-28-34-44-57(62)64-53-55(40-30-20-15-10-5)42-32-25-22-17-12-7-2/h54-55,60H,6-53H2,1-5H3. The molecule has 0 spiro atoms. The summed E-state index contributed by atoms with van der Waals surface area (Å²) in [6.07, 6.45) is 46.5. The molecule has 0 fully saturated rings. The average molecular weight is 908 g/mol. The molecule has 0 aromatic carbocycles. The van der Waals surface area contributed by atoms with Gasteiger partial charge in [0.25, 0.3) is 0 Å². The quantitative estimate of drug-likeness (QED) is 0.0481. The molecule has 382 valence electrons. The van der Waals surface area contributed by atoms with Crippen molar-refractivity contribution < 1.29 is 24.2 Å². The Morgan fingerprint density at radius 1 is 0.344 bits per heavy atom. The van der Waals surface area contributed by atoms with Gasteiger partial charge in [0.2, 0.25) is 0 Å². The van der Waals surface area contributed by atoms with Crippen molar-refractivity contribution in [2.45, 2.75) is 285 Å². The molecule has 0 aliphatic heterocycles. The molecule has 0 aromatic heterocycles. The molecule has 1 N–H and O–H groups in total. The van der Waals surface area contributed by atoms with Gasteiger partial charge in [-0.2, -0.15) is 0 Å². The van der Waals surface area contributed by atoms with Crippen LogP contribution in [-0.2, 0) is 19.1 Å². The van der Waals surface area contributed by atoms with Crippen molar-refractivity contribution in [1.82, 2.24) is 9.80 Å². The molecular weight excluding hydrogens is 793 g/mol. The van der Waals surface area contributed by atoms with E-state index in [9.17, 15) is 14.7 Å². The number of aliphatic hydroxyl groups excluding tert-OH is 1. The molecular formula is C57H114N2O5. The predicted molar refractivity (Wildman–Crippen MR) is 277 cm³/mol. The number of carbonyl (C=O) groups excluding carboxylic acids is 2. The first-order valence-electron chi connectivity index (χ1n) is 28.8. The fourth-order valence-electron chi connectivity index (χ4n) is 9.26. The maximum atomic E-state index is 12.9. The molecule has 0 saturated heterocycles. The Labute approximate surface area is 400 Å². The van der Waals surface area contributed by atoms with Gasteiger partial charge in [-0.15, -0.1) is 0 Å². The lowest BCUT2D eigenvalue weighted by Gasteiger charge is -2.28. The zero-order valence-corrected chi connectivity index (χ0v) is 44.1. The van der Waals surface area contributed by atoms with Crippen LogP contribution in [0, 0.1) is 11.8 Å². The van der Waals surface area contributed by atoms with Crippen LogP contribution >= 0.6 is 0 Å². The van der Waals surface area contributed by atoms with Crippen LogP contribution in [0.5, 0.6) is 0 Å². The van der Waals surface area contributed by atoms with Crippen molar-refractivity contribution in [3.05, 3.63) is 0 Å². The third-order valence-electron chi connectivity index (χ3n) is 13.7. The summed E-state index contributed by atoms with van der Waals surface area (Å²) in [5, 5.41) is 9.63. The predicted octanol–water partition coefficient (Wildman–Crippen LogP) is 16.2. The molecule has 7 nitrogen and oxygen atoms in total. The van der Waals surface area contributed by atoms with Crippen molar-refractivity contribution in [2.75, 3.05) is 59.1 Å². The number of ether oxygens (including phenoxy) is 2. The molecule has 0 aromatic rings. The van der Waals surface area contributed by atoms with Crippen molar-refractivity contribution >= 4 is 11.9 Å². The molecule has 0 bridgehead atoms. The topological polar surface area (TPSA) is 79.3 Å². The molecule has 7 heteroatoms. The Bertz CT molecular complexity index is 891. The van der Waals surface area contributed by atoms with Crippen molar-refractivity contribution in [2.24, 2.45) is 11.8 Å². The minimum Gasteiger partial charge on any atom is -0.465 e. The SMILES string of the molecule is CCCCCCCCC(CCCCCC)COC(=O)CCCCCN(CCCCCC(=O)OCC(CCCCCC)CCCCCCCC)CCN(CCCO)CCCCCCCC. The van der Waals surface area contributed by atoms with Gasteiger partial charge in [-0.25, -0.2) is 0 Å². The summed E-state index contributed by atoms with van der Waals surface area (Å²) in [5.74, 6) is 1.01. The molecule has 0 aliphatic rings. The Morgan fingerprint density at radius 3 is 0.938 bits per heavy atom. The molecule has 0 saturated carbocycles. The van der Waals surface area contributed by atoms with E-state index in [0.717, 1.165) is 84.2 Å². The second kappa shape index (κ2) is 51.2. The molecule has 0 amide bonds. The molecule has 2 unspecified atom stereocenters. The lowest BCUT2D eigenvalue weighted by Crippen LogP contribution is -2.37. The van der Waals surface area contributed by atoms with Gasteiger partial charge in [-0.05, 0) is 95.7 Å². The van der Waals surface area contributed by atoms with E-state index in [4.69, 9.17) is 9.47 Å². The normalized spacial score (nSPS) is 12.7. The van der Waals surface area contributed by atoms with Crippen LogP contribution in [0.4, 0.5) is 0 Å². The van der Waals surface area contributed by atoms with E-state index in [1.165, 1.54) is 193 Å². The molecule has 2 atom stereocenters. The van der Waals surface area contributed by atoms with Crippen LogP contribution in [0.1, 0.15) is 285 Å². The number of unbranched alkanes of at least 4 members (excludes halogenated alkanes) is 25. The van der Waals surface area contributed by atoms with Gasteiger partial charge in [0.05, 0.1) is 13.2 Å². The van der Waals surface area contributed by atoms with Gasteiger partial charge >= 0.3 is 11.9 Å². The molecule has 0 radical (unpaired) electrons. The lowest BCUT2D eigenvalue weighted by molar-refractivity contribution is -0.146. The maximum Gasteiger partial charge on any atom is 0.305 e. The summed E-state index contributed by atoms with van der Waals surface area (Å²) in [4.78, 5) is 30.9. The van der Waals surface area contributed by atoms with Crippen LogP contribution in [0.3, 0.4) is 0 Å². The average Bonchev–Trinajstić information content (AvgIpc) is 3.30. The summed E-state index contributed by atoms with van der Waals surface area (Å²) < 4.78 is 11.8. The fraction of sp³-hybridized carbons (Fsp3) is 0.965. The first-order chi connectivity index (χ1) is 31.4. The number of hydrogen-bond donors (Lipinski definition) is 1. The van der Waals surface area contributed by atoms with Gasteiger partial charge < -0.3 is 24.4 Å². The second-order valence-electron chi connectivity index (χ2n) is 20.1. The van der Waals surface area contributed by atoms with Crippen LogP contribution < -0.4 is 0 Å². The van der Waals surface area contributed by atoms with E-state index in [0.29, 0.717) is 37.9 Å². The highest BCUT2D eigenvalue weighted by Gasteiger charge is 2.15. The number of carbonyl (C=O) groups is 2. The highest BCUT2D eigenvalue weighted by atomic mass is 16.5. The lowest BCUT2D eigenvalue weighted by atomic mass is 9.95. The zero-order valence-electron chi connectivity index (χ0n) is 44.1. The van der Waals surface area contributed by atoms with Crippen LogP contribution in [0.25, 0.3) is 0 Å². The largest absolute Gasteiger partial charge is 0.465 e. The number of esters is 2. The number of hydrogen-bond acceptors (Lipinski definition) is 7. The Morgan fingerprint density at radius 2 is 0.609 bits per heavy atom. The van der Waals surface area contributed by atoms with E-state index in [1.54, 1.807) is 0 Å². The number of nitrogens with zero attached hydrogens (tertiary/aromatic N) is 2. The Kier molecular flexibility index (Phi) is 50.3. The summed E-state index contributed by atoms with van der Waals surface area (Å²) in [6, 6.07) is 0. The molecule has 0 rings (SSSR count). The monoisotopic (exact) mass is 907 g/mol. The Balaban J connectivity index is 5.01. The minimum atomic E-state index is -0.00796. The van der Waals surface area contributed by atoms with Crippen LogP contribution in [0.2, 0.25) is 0 Å². The first-order valence-corrected chi connectivity index (χ1v) is 28.8. The zero-order chi connectivity index (χ0) is 46.8. The maximum absolute atomic E-state index is 12.9. The van der Waals surface area contributed by atoms with E-state index in [-0.39, 0.29) is 18.5 Å². The van der Waals surface area contributed by atoms with Crippen LogP contribution in [0.15, 0.2) is 0 Å². The highest BCUT2D eigenvalue weighted by Crippen LogP contribution is 2.22. The van der Waals surface area contributed by atoms with Gasteiger partial charge in [0, 0.05) is 39.1 Å². The van der Waals surface area contributed by atoms with E-state index >= 15 is 0 Å². The molecule has 0 aliphatic carbocycles. The fourth-order valence-corrected chi connectivity index (χ4v) is 9.26. The van der Waals surface area contributed by atoms with E-state index < -0.39 is 0 Å². The number of rotatable bonds is 53. The third kappa shape index (κ3) is 44.6. The van der Waals surface area contributed by atoms with Crippen molar-refractivity contribution in [3.63, 3.8) is 0 Å². The van der Waals surface area contributed by atoms with E-state index in [2.05, 4.69) is 44.4 Å². The first kappa shape index (κ1) is 62.8. The van der Waals surface area contributed by atoms with Crippen molar-refractivity contribution in [3.8, 4) is 0 Å². The summed E-state index contributed by atoms with van der Waals surface area (Å²) in [7, 11) is 0. The third-order valence-corrected chi connectivity index (χ3v) is 13.7. The molecule has 64 heavy (non-hydrogen) atoms. The highest BCUT2D eigenvalue weighted by molar-refractivity contribution is 5.69. The van der Waals surface area contributed by atoms with Gasteiger partial charge in [-0.1, -0.05) is 208 Å². The van der Waals surface area contributed by atoms with Gasteiger partial charge in [0.15, 0.2) is 0 Å². The number of aliphatic hydroxyl groups is 1. The summed E-state index contributed by atoms with van der Waals surface area (Å²) in [6.45, 7) is 19.0. The van der Waals surface area contributed by atoms with Crippen LogP contribution in [-0.4, -0.2) is 85.9 Å². The second-order valence-corrected chi connectivity index (χ2v) is 20.1. The Hall–Kier alpha value is -1.18. The summed E-state index contributed by atoms with van der Waals surface area (Å²) in [5.41, 5.74) is 0. The summed E-state index contributed by atoms with van der Waals surface area (Å²) >= 11 is 0. The van der Waals surface area contributed by atoms with Gasteiger partial charge in [-0.3, -0.25) is 9.59 Å². The van der Waals surface area contributed by atoms with E-state index in [1.807, 2.05) is 0 Å². The smallest absolute Gasteiger partial charge is 0.305 e. The van der Waals surface area contributed by atoms with Crippen molar-refractivity contribution in [1.29, 1.82) is 0 Å².